The summed E-state index contributed by atoms with van der Waals surface area (Å²) in [5.74, 6) is 0.806. The van der Waals surface area contributed by atoms with Crippen molar-refractivity contribution < 1.29 is 4.42 Å². The molecule has 0 N–H and O–H groups in total. The Labute approximate surface area is 145 Å². The molecule has 4 rings (SSSR count). The van der Waals surface area contributed by atoms with Crippen molar-refractivity contribution in [3.63, 3.8) is 0 Å². The third-order valence-electron chi connectivity index (χ3n) is 3.64. The Morgan fingerprint density at radius 1 is 0.625 bits per heavy atom. The van der Waals surface area contributed by atoms with Crippen LogP contribution in [0, 0.1) is 0 Å². The summed E-state index contributed by atoms with van der Waals surface area (Å²) >= 11 is 1.53. The van der Waals surface area contributed by atoms with Gasteiger partial charge in [0.05, 0.1) is 0 Å². The molecule has 0 aliphatic heterocycles. The maximum Gasteiger partial charge on any atom is 0.261 e. The average Bonchev–Trinajstić information content (AvgIpc) is 3.08. The number of nitrogens with zero attached hydrogens (tertiary/aromatic N) is 1. The lowest BCUT2D eigenvalue weighted by Crippen LogP contribution is -1.81. The van der Waals surface area contributed by atoms with Gasteiger partial charge in [-0.2, -0.15) is 0 Å². The molecule has 0 spiro atoms. The van der Waals surface area contributed by atoms with E-state index in [9.17, 15) is 0 Å². The van der Waals surface area contributed by atoms with Crippen LogP contribution in [0.2, 0.25) is 0 Å². The third-order valence-corrected chi connectivity index (χ3v) is 4.50. The van der Waals surface area contributed by atoms with Crippen molar-refractivity contribution in [2.24, 2.45) is 0 Å². The number of rotatable bonds is 4. The zero-order valence-electron chi connectivity index (χ0n) is 12.9. The molecule has 1 heterocycles. The predicted octanol–water partition coefficient (Wildman–Crippen LogP) is 6.16. The highest BCUT2D eigenvalue weighted by Crippen LogP contribution is 2.37. The van der Waals surface area contributed by atoms with Crippen molar-refractivity contribution in [3.05, 3.63) is 91.0 Å². The smallest absolute Gasteiger partial charge is 0.261 e. The van der Waals surface area contributed by atoms with Crippen molar-refractivity contribution in [2.75, 3.05) is 0 Å². The van der Waals surface area contributed by atoms with Crippen LogP contribution in [-0.2, 0) is 0 Å². The molecule has 0 fully saturated rings. The molecule has 2 nitrogen and oxygen atoms in total. The number of hydrogen-bond donors (Lipinski definition) is 0. The van der Waals surface area contributed by atoms with Crippen LogP contribution < -0.4 is 0 Å². The van der Waals surface area contributed by atoms with Crippen LogP contribution in [0.1, 0.15) is 0 Å². The summed E-state index contributed by atoms with van der Waals surface area (Å²) in [6, 6.07) is 30.4. The molecule has 3 aromatic carbocycles. The van der Waals surface area contributed by atoms with Gasteiger partial charge in [-0.25, -0.2) is 4.98 Å². The molecule has 116 valence electrons. The van der Waals surface area contributed by atoms with E-state index >= 15 is 0 Å². The van der Waals surface area contributed by atoms with Gasteiger partial charge in [0.15, 0.2) is 5.76 Å². The molecule has 0 aliphatic rings. The Hall–Kier alpha value is -2.78. The lowest BCUT2D eigenvalue weighted by atomic mass is 10.1. The lowest BCUT2D eigenvalue weighted by Gasteiger charge is -2.00. The molecule has 0 radical (unpaired) electrons. The Balaban J connectivity index is 1.79. The fourth-order valence-corrected chi connectivity index (χ4v) is 3.27. The summed E-state index contributed by atoms with van der Waals surface area (Å²) in [6.07, 6.45) is 0. The van der Waals surface area contributed by atoms with Crippen LogP contribution in [0.3, 0.4) is 0 Å². The summed E-state index contributed by atoms with van der Waals surface area (Å²) in [5.41, 5.74) is 2.96. The maximum atomic E-state index is 6.11. The van der Waals surface area contributed by atoms with Crippen LogP contribution in [0.15, 0.2) is 106 Å². The zero-order chi connectivity index (χ0) is 16.2. The first-order valence-electron chi connectivity index (χ1n) is 7.75. The van der Waals surface area contributed by atoms with Crippen molar-refractivity contribution in [1.29, 1.82) is 0 Å². The lowest BCUT2D eigenvalue weighted by molar-refractivity contribution is 0.466. The van der Waals surface area contributed by atoms with E-state index in [0.717, 1.165) is 27.5 Å². The van der Waals surface area contributed by atoms with Gasteiger partial charge in [0.1, 0.15) is 5.69 Å². The van der Waals surface area contributed by atoms with Crippen LogP contribution in [0.4, 0.5) is 0 Å². The number of aromatic nitrogens is 1. The number of hydrogen-bond acceptors (Lipinski definition) is 3. The average molecular weight is 329 g/mol. The summed E-state index contributed by atoms with van der Waals surface area (Å²) in [7, 11) is 0. The topological polar surface area (TPSA) is 26.0 Å². The van der Waals surface area contributed by atoms with Crippen LogP contribution in [-0.4, -0.2) is 4.98 Å². The van der Waals surface area contributed by atoms with Crippen molar-refractivity contribution in [3.8, 4) is 22.6 Å². The first-order valence-corrected chi connectivity index (χ1v) is 8.56. The van der Waals surface area contributed by atoms with Gasteiger partial charge in [-0.15, -0.1) is 0 Å². The third kappa shape index (κ3) is 3.12. The first kappa shape index (κ1) is 14.8. The molecule has 3 heteroatoms. The van der Waals surface area contributed by atoms with Crippen LogP contribution in [0.5, 0.6) is 0 Å². The largest absolute Gasteiger partial charge is 0.430 e. The molecular formula is C21H15NOS. The Kier molecular flexibility index (Phi) is 4.17. The van der Waals surface area contributed by atoms with Crippen LogP contribution >= 0.6 is 11.8 Å². The van der Waals surface area contributed by atoms with Crippen molar-refractivity contribution in [2.45, 2.75) is 10.1 Å². The predicted molar refractivity (Wildman–Crippen MR) is 97.9 cm³/mol. The van der Waals surface area contributed by atoms with Gasteiger partial charge in [0.25, 0.3) is 5.22 Å². The fraction of sp³-hybridized carbons (Fsp3) is 0. The second kappa shape index (κ2) is 6.77. The minimum absolute atomic E-state index is 0.652. The van der Waals surface area contributed by atoms with E-state index in [1.165, 1.54) is 11.8 Å². The number of benzene rings is 3. The number of oxazole rings is 1. The monoisotopic (exact) mass is 329 g/mol. The molecule has 0 amide bonds. The quantitative estimate of drug-likeness (QED) is 0.448. The highest BCUT2D eigenvalue weighted by molar-refractivity contribution is 7.99. The SMILES string of the molecule is c1ccc(Sc2nc(-c3ccccc3)c(-c3ccccc3)o2)cc1. The zero-order valence-corrected chi connectivity index (χ0v) is 13.7. The molecule has 0 bridgehead atoms. The highest BCUT2D eigenvalue weighted by atomic mass is 32.2. The molecule has 24 heavy (non-hydrogen) atoms. The molecule has 0 saturated heterocycles. The standard InChI is InChI=1S/C21H15NOS/c1-4-10-16(11-5-1)19-20(17-12-6-2-7-13-17)23-21(22-19)24-18-14-8-3-9-15-18/h1-15H. The summed E-state index contributed by atoms with van der Waals surface area (Å²) < 4.78 is 6.11. The Bertz CT molecular complexity index is 861. The molecule has 0 atom stereocenters. The minimum atomic E-state index is 0.652. The van der Waals surface area contributed by atoms with E-state index in [-0.39, 0.29) is 0 Å². The van der Waals surface area contributed by atoms with Gasteiger partial charge in [0, 0.05) is 16.0 Å². The molecule has 0 unspecified atom stereocenters. The van der Waals surface area contributed by atoms with Gasteiger partial charge in [-0.05, 0) is 23.9 Å². The minimum Gasteiger partial charge on any atom is -0.430 e. The molecule has 0 aliphatic carbocycles. The normalized spacial score (nSPS) is 10.7. The highest BCUT2D eigenvalue weighted by Gasteiger charge is 2.17. The van der Waals surface area contributed by atoms with Gasteiger partial charge in [0.2, 0.25) is 0 Å². The van der Waals surface area contributed by atoms with E-state index in [1.807, 2.05) is 66.7 Å². The molecular weight excluding hydrogens is 314 g/mol. The van der Waals surface area contributed by atoms with Crippen molar-refractivity contribution >= 4 is 11.8 Å². The van der Waals surface area contributed by atoms with Crippen molar-refractivity contribution in [1.82, 2.24) is 4.98 Å². The van der Waals surface area contributed by atoms with Gasteiger partial charge in [-0.1, -0.05) is 78.9 Å². The van der Waals surface area contributed by atoms with Gasteiger partial charge in [-0.3, -0.25) is 0 Å². The second-order valence-corrected chi connectivity index (χ2v) is 6.33. The first-order chi connectivity index (χ1) is 11.9. The van der Waals surface area contributed by atoms with Gasteiger partial charge >= 0.3 is 0 Å². The van der Waals surface area contributed by atoms with E-state index in [4.69, 9.17) is 9.40 Å². The van der Waals surface area contributed by atoms with E-state index in [0.29, 0.717) is 5.22 Å². The molecule has 1 aromatic heterocycles. The summed E-state index contributed by atoms with van der Waals surface area (Å²) in [6.45, 7) is 0. The maximum absolute atomic E-state index is 6.11. The van der Waals surface area contributed by atoms with Gasteiger partial charge < -0.3 is 4.42 Å². The van der Waals surface area contributed by atoms with E-state index in [2.05, 4.69) is 24.3 Å². The van der Waals surface area contributed by atoms with Crippen LogP contribution in [0.25, 0.3) is 22.6 Å². The summed E-state index contributed by atoms with van der Waals surface area (Å²) in [5, 5.41) is 0.652. The summed E-state index contributed by atoms with van der Waals surface area (Å²) in [4.78, 5) is 5.86. The van der Waals surface area contributed by atoms with E-state index < -0.39 is 0 Å². The Morgan fingerprint density at radius 3 is 1.79 bits per heavy atom. The molecule has 0 saturated carbocycles. The Morgan fingerprint density at radius 2 is 1.17 bits per heavy atom. The second-order valence-electron chi connectivity index (χ2n) is 5.30. The fourth-order valence-electron chi connectivity index (χ4n) is 2.51. The molecule has 4 aromatic rings. The van der Waals surface area contributed by atoms with E-state index in [1.54, 1.807) is 0 Å².